The highest BCUT2D eigenvalue weighted by Gasteiger charge is 2.05. The van der Waals surface area contributed by atoms with Gasteiger partial charge in [-0.2, -0.15) is 0 Å². The summed E-state index contributed by atoms with van der Waals surface area (Å²) in [6.45, 7) is 1.81. The summed E-state index contributed by atoms with van der Waals surface area (Å²) >= 11 is 1.47. The van der Waals surface area contributed by atoms with Crippen LogP contribution < -0.4 is 0 Å². The van der Waals surface area contributed by atoms with Crippen molar-refractivity contribution < 1.29 is 5.11 Å². The lowest BCUT2D eigenvalue weighted by atomic mass is 10.4. The Balaban J connectivity index is 2.39. The molecule has 0 saturated carbocycles. The van der Waals surface area contributed by atoms with Crippen LogP contribution in [0.1, 0.15) is 11.5 Å². The molecule has 72 valence electrons. The molecule has 0 aromatic carbocycles. The minimum absolute atomic E-state index is 0.0272. The van der Waals surface area contributed by atoms with Gasteiger partial charge in [0.1, 0.15) is 16.5 Å². The Bertz CT molecular complexity index is 441. The van der Waals surface area contributed by atoms with E-state index in [2.05, 4.69) is 15.0 Å². The Kier molecular flexibility index (Phi) is 2.51. The van der Waals surface area contributed by atoms with Gasteiger partial charge in [-0.25, -0.2) is 15.0 Å². The van der Waals surface area contributed by atoms with E-state index in [9.17, 15) is 0 Å². The molecule has 2 aromatic heterocycles. The monoisotopic (exact) mass is 207 g/mol. The van der Waals surface area contributed by atoms with E-state index in [4.69, 9.17) is 5.11 Å². The maximum absolute atomic E-state index is 8.86. The highest BCUT2D eigenvalue weighted by molar-refractivity contribution is 7.13. The van der Waals surface area contributed by atoms with E-state index in [0.717, 1.165) is 16.5 Å². The second kappa shape index (κ2) is 3.81. The number of aliphatic hydroxyl groups is 1. The van der Waals surface area contributed by atoms with Gasteiger partial charge in [0.15, 0.2) is 0 Å². The lowest BCUT2D eigenvalue weighted by molar-refractivity contribution is 0.278. The Morgan fingerprint density at radius 2 is 2.29 bits per heavy atom. The fourth-order valence-electron chi connectivity index (χ4n) is 1.07. The first-order valence-electron chi connectivity index (χ1n) is 4.15. The number of thiazole rings is 1. The first-order valence-corrected chi connectivity index (χ1v) is 5.03. The molecular formula is C9H9N3OS. The number of hydrogen-bond acceptors (Lipinski definition) is 5. The summed E-state index contributed by atoms with van der Waals surface area (Å²) in [5.74, 6) is 0.725. The van der Waals surface area contributed by atoms with Gasteiger partial charge in [-0.15, -0.1) is 11.3 Å². The van der Waals surface area contributed by atoms with Gasteiger partial charge in [-0.05, 0) is 13.0 Å². The Morgan fingerprint density at radius 1 is 1.43 bits per heavy atom. The van der Waals surface area contributed by atoms with Crippen LogP contribution in [0.25, 0.3) is 10.7 Å². The molecule has 0 spiro atoms. The molecule has 2 heterocycles. The average Bonchev–Trinajstić information content (AvgIpc) is 2.66. The lowest BCUT2D eigenvalue weighted by Gasteiger charge is -1.95. The van der Waals surface area contributed by atoms with Crippen molar-refractivity contribution in [2.24, 2.45) is 0 Å². The quantitative estimate of drug-likeness (QED) is 0.808. The summed E-state index contributed by atoms with van der Waals surface area (Å²) in [5, 5.41) is 11.5. The first kappa shape index (κ1) is 9.23. The van der Waals surface area contributed by atoms with Gasteiger partial charge in [0.25, 0.3) is 0 Å². The zero-order chi connectivity index (χ0) is 9.97. The van der Waals surface area contributed by atoms with Gasteiger partial charge in [0.05, 0.1) is 12.3 Å². The van der Waals surface area contributed by atoms with E-state index in [1.165, 1.54) is 11.3 Å². The highest BCUT2D eigenvalue weighted by Crippen LogP contribution is 2.21. The van der Waals surface area contributed by atoms with E-state index in [0.29, 0.717) is 5.69 Å². The predicted molar refractivity (Wildman–Crippen MR) is 53.8 cm³/mol. The van der Waals surface area contributed by atoms with Crippen molar-refractivity contribution in [3.63, 3.8) is 0 Å². The van der Waals surface area contributed by atoms with Crippen LogP contribution in [0.4, 0.5) is 0 Å². The Morgan fingerprint density at radius 3 is 2.93 bits per heavy atom. The summed E-state index contributed by atoms with van der Waals surface area (Å²) in [5.41, 5.74) is 1.49. The minimum Gasteiger partial charge on any atom is -0.390 e. The second-order valence-corrected chi connectivity index (χ2v) is 3.65. The van der Waals surface area contributed by atoms with E-state index in [1.54, 1.807) is 6.20 Å². The van der Waals surface area contributed by atoms with Gasteiger partial charge in [-0.3, -0.25) is 0 Å². The van der Waals surface area contributed by atoms with Crippen molar-refractivity contribution in [2.45, 2.75) is 13.5 Å². The standard InChI is InChI=1S/C9H9N3OS/c1-6-10-3-2-8(11-6)9-12-7(4-13)5-14-9/h2-3,5,13H,4H2,1H3. The smallest absolute Gasteiger partial charge is 0.142 e. The molecule has 0 aliphatic carbocycles. The van der Waals surface area contributed by atoms with Crippen LogP contribution in [-0.2, 0) is 6.61 Å². The molecular weight excluding hydrogens is 198 g/mol. The average molecular weight is 207 g/mol. The van der Waals surface area contributed by atoms with Crippen molar-refractivity contribution in [3.05, 3.63) is 29.2 Å². The molecule has 5 heteroatoms. The third kappa shape index (κ3) is 1.78. The van der Waals surface area contributed by atoms with Crippen molar-refractivity contribution in [1.82, 2.24) is 15.0 Å². The molecule has 2 aromatic rings. The first-order chi connectivity index (χ1) is 6.79. The normalized spacial score (nSPS) is 10.4. The Hall–Kier alpha value is -1.33. The van der Waals surface area contributed by atoms with Crippen LogP contribution >= 0.6 is 11.3 Å². The van der Waals surface area contributed by atoms with E-state index in [-0.39, 0.29) is 6.61 Å². The van der Waals surface area contributed by atoms with E-state index in [1.807, 2.05) is 18.4 Å². The van der Waals surface area contributed by atoms with Crippen molar-refractivity contribution >= 4 is 11.3 Å². The summed E-state index contributed by atoms with van der Waals surface area (Å²) in [6, 6.07) is 1.81. The molecule has 0 aliphatic rings. The molecule has 0 radical (unpaired) electrons. The van der Waals surface area contributed by atoms with Gasteiger partial charge < -0.3 is 5.11 Å². The molecule has 0 saturated heterocycles. The SMILES string of the molecule is Cc1nccc(-c2nc(CO)cs2)n1. The van der Waals surface area contributed by atoms with Crippen molar-refractivity contribution in [2.75, 3.05) is 0 Å². The van der Waals surface area contributed by atoms with Crippen LogP contribution in [0.5, 0.6) is 0 Å². The van der Waals surface area contributed by atoms with Gasteiger partial charge >= 0.3 is 0 Å². The molecule has 14 heavy (non-hydrogen) atoms. The number of aromatic nitrogens is 3. The molecule has 0 unspecified atom stereocenters. The maximum Gasteiger partial charge on any atom is 0.142 e. The van der Waals surface area contributed by atoms with Gasteiger partial charge in [0, 0.05) is 11.6 Å². The number of aliphatic hydroxyl groups excluding tert-OH is 1. The van der Waals surface area contributed by atoms with Gasteiger partial charge in [-0.1, -0.05) is 0 Å². The zero-order valence-electron chi connectivity index (χ0n) is 7.64. The minimum atomic E-state index is -0.0272. The van der Waals surface area contributed by atoms with Crippen LogP contribution in [0.2, 0.25) is 0 Å². The fourth-order valence-corrected chi connectivity index (χ4v) is 1.85. The molecule has 0 atom stereocenters. The second-order valence-electron chi connectivity index (χ2n) is 2.79. The van der Waals surface area contributed by atoms with Crippen LogP contribution in [0, 0.1) is 6.92 Å². The van der Waals surface area contributed by atoms with Crippen LogP contribution in [-0.4, -0.2) is 20.1 Å². The third-order valence-corrected chi connectivity index (χ3v) is 2.62. The van der Waals surface area contributed by atoms with E-state index < -0.39 is 0 Å². The van der Waals surface area contributed by atoms with Crippen molar-refractivity contribution in [1.29, 1.82) is 0 Å². The largest absolute Gasteiger partial charge is 0.390 e. The molecule has 0 fully saturated rings. The molecule has 2 rings (SSSR count). The molecule has 0 aliphatic heterocycles. The summed E-state index contributed by atoms with van der Waals surface area (Å²) in [6.07, 6.45) is 1.71. The number of aryl methyl sites for hydroxylation is 1. The highest BCUT2D eigenvalue weighted by atomic mass is 32.1. The van der Waals surface area contributed by atoms with Crippen LogP contribution in [0.3, 0.4) is 0 Å². The number of hydrogen-bond donors (Lipinski definition) is 1. The lowest BCUT2D eigenvalue weighted by Crippen LogP contribution is -1.89. The molecule has 4 nitrogen and oxygen atoms in total. The predicted octanol–water partition coefficient (Wildman–Crippen LogP) is 1.40. The summed E-state index contributed by atoms with van der Waals surface area (Å²) in [7, 11) is 0. The van der Waals surface area contributed by atoms with Gasteiger partial charge in [0.2, 0.25) is 0 Å². The molecule has 0 amide bonds. The Labute approximate surface area is 85.3 Å². The summed E-state index contributed by atoms with van der Waals surface area (Å²) in [4.78, 5) is 12.5. The third-order valence-electron chi connectivity index (χ3n) is 1.71. The number of nitrogens with zero attached hydrogens (tertiary/aromatic N) is 3. The number of rotatable bonds is 2. The summed E-state index contributed by atoms with van der Waals surface area (Å²) < 4.78 is 0. The molecule has 1 N–H and O–H groups in total. The molecule has 0 bridgehead atoms. The topological polar surface area (TPSA) is 58.9 Å². The fraction of sp³-hybridized carbons (Fsp3) is 0.222. The van der Waals surface area contributed by atoms with Crippen molar-refractivity contribution in [3.8, 4) is 10.7 Å². The van der Waals surface area contributed by atoms with E-state index >= 15 is 0 Å². The maximum atomic E-state index is 8.86. The van der Waals surface area contributed by atoms with Crippen LogP contribution in [0.15, 0.2) is 17.6 Å². The zero-order valence-corrected chi connectivity index (χ0v) is 8.45.